The Labute approximate surface area is 295 Å². The van der Waals surface area contributed by atoms with Gasteiger partial charge in [0.15, 0.2) is 11.7 Å². The van der Waals surface area contributed by atoms with Crippen molar-refractivity contribution in [2.24, 2.45) is 9.98 Å². The molecule has 0 amide bonds. The van der Waals surface area contributed by atoms with E-state index in [-0.39, 0.29) is 63.2 Å². The molecule has 0 aliphatic heterocycles. The average molecular weight is 636 g/mol. The van der Waals surface area contributed by atoms with Crippen LogP contribution in [0.3, 0.4) is 0 Å². The van der Waals surface area contributed by atoms with Gasteiger partial charge in [-0.2, -0.15) is 0 Å². The molecule has 1 aromatic heterocycles. The minimum Gasteiger partial charge on any atom is -0.309 e. The van der Waals surface area contributed by atoms with E-state index in [0.717, 1.165) is 22.3 Å². The van der Waals surface area contributed by atoms with Crippen molar-refractivity contribution in [1.29, 1.82) is 5.41 Å². The number of hydrogen-bond donors (Lipinski definition) is 1. The monoisotopic (exact) mass is 635 g/mol. The molecule has 7 aromatic carbocycles. The molecule has 0 saturated heterocycles. The highest BCUT2D eigenvalue weighted by atomic mass is 15.0. The first-order valence-corrected chi connectivity index (χ1v) is 15.8. The fourth-order valence-corrected chi connectivity index (χ4v) is 5.78. The molecule has 0 unspecified atom stereocenters. The summed E-state index contributed by atoms with van der Waals surface area (Å²) >= 11 is 0. The number of nitrogens with zero attached hydrogens (tertiary/aromatic N) is 3. The van der Waals surface area contributed by atoms with Crippen LogP contribution in [-0.2, 0) is 0 Å². The zero-order chi connectivity index (χ0) is 39.1. The van der Waals surface area contributed by atoms with E-state index in [9.17, 15) is 4.11 Å². The number of hydrogen-bond acceptors (Lipinski definition) is 1. The van der Waals surface area contributed by atoms with Gasteiger partial charge in [-0.3, -0.25) is 5.41 Å². The van der Waals surface area contributed by atoms with Crippen LogP contribution in [0.5, 0.6) is 0 Å². The lowest BCUT2D eigenvalue weighted by atomic mass is 10.0. The van der Waals surface area contributed by atoms with Crippen LogP contribution in [0.15, 0.2) is 192 Å². The Hall–Kier alpha value is -6.65. The van der Waals surface area contributed by atoms with Crippen molar-refractivity contribution in [2.45, 2.75) is 0 Å². The highest BCUT2D eigenvalue weighted by molar-refractivity contribution is 6.16. The summed E-state index contributed by atoms with van der Waals surface area (Å²) in [6.45, 7) is 0. The van der Waals surface area contributed by atoms with E-state index in [1.807, 2.05) is 109 Å². The number of fused-ring (bicyclic) bond motifs is 3. The molecule has 8 aromatic rings. The van der Waals surface area contributed by atoms with E-state index < -0.39 is 18.1 Å². The number of rotatable bonds is 6. The standard InChI is InChI=1S/C45H32N4/c46-44(36-17-8-3-9-18-36)48-45(47-31-32-23-25-35(26-24-32)33-13-4-1-5-14-33)38-27-28-43-41(30-38)40-21-10-11-22-42(40)49(43)39-20-12-19-37(29-39)34-15-6-2-7-16-34/h1-31,46H/i10D,11D,21D,22D,27D,28D,30D. The Morgan fingerprint density at radius 2 is 1.18 bits per heavy atom. The molecule has 0 bridgehead atoms. The van der Waals surface area contributed by atoms with Gasteiger partial charge in [0.1, 0.15) is 0 Å². The number of nitrogens with one attached hydrogen (secondary N) is 1. The number of benzene rings is 7. The van der Waals surface area contributed by atoms with Gasteiger partial charge >= 0.3 is 0 Å². The van der Waals surface area contributed by atoms with Gasteiger partial charge in [0, 0.05) is 33.8 Å². The third-order valence-corrected chi connectivity index (χ3v) is 8.21. The topological polar surface area (TPSA) is 53.5 Å². The molecule has 0 fully saturated rings. The lowest BCUT2D eigenvalue weighted by Gasteiger charge is -2.11. The maximum absolute atomic E-state index is 9.69. The number of aromatic nitrogens is 1. The van der Waals surface area contributed by atoms with Crippen molar-refractivity contribution in [3.8, 4) is 27.9 Å². The van der Waals surface area contributed by atoms with Gasteiger partial charge in [-0.05, 0) is 64.1 Å². The second kappa shape index (κ2) is 13.2. The highest BCUT2D eigenvalue weighted by Gasteiger charge is 2.15. The first kappa shape index (κ1) is 22.8. The van der Waals surface area contributed by atoms with E-state index >= 15 is 0 Å². The van der Waals surface area contributed by atoms with Crippen LogP contribution in [0.1, 0.15) is 26.3 Å². The zero-order valence-corrected chi connectivity index (χ0v) is 26.2. The molecule has 232 valence electrons. The number of para-hydroxylation sites is 1. The Morgan fingerprint density at radius 1 is 0.571 bits per heavy atom. The third-order valence-electron chi connectivity index (χ3n) is 8.21. The predicted molar refractivity (Wildman–Crippen MR) is 205 cm³/mol. The summed E-state index contributed by atoms with van der Waals surface area (Å²) in [4.78, 5) is 9.22. The Balaban J connectivity index is 1.38. The summed E-state index contributed by atoms with van der Waals surface area (Å²) in [5.74, 6) is -0.339. The maximum Gasteiger partial charge on any atom is 0.161 e. The summed E-state index contributed by atoms with van der Waals surface area (Å²) in [7, 11) is 0. The van der Waals surface area contributed by atoms with Crippen LogP contribution in [0.4, 0.5) is 0 Å². The summed E-state index contributed by atoms with van der Waals surface area (Å²) in [5.41, 5.74) is 5.47. The molecule has 4 nitrogen and oxygen atoms in total. The van der Waals surface area contributed by atoms with Crippen molar-refractivity contribution < 1.29 is 9.60 Å². The summed E-state index contributed by atoms with van der Waals surface area (Å²) in [6, 6.07) is 40.7. The normalized spacial score (nSPS) is 13.8. The van der Waals surface area contributed by atoms with Crippen LogP contribution in [-0.4, -0.2) is 22.5 Å². The lowest BCUT2D eigenvalue weighted by Crippen LogP contribution is -2.05. The molecule has 8 rings (SSSR count). The van der Waals surface area contributed by atoms with E-state index in [4.69, 9.17) is 10.9 Å². The largest absolute Gasteiger partial charge is 0.309 e. The molecule has 0 atom stereocenters. The first-order chi connectivity index (χ1) is 27.1. The van der Waals surface area contributed by atoms with E-state index in [0.29, 0.717) is 16.8 Å². The van der Waals surface area contributed by atoms with Crippen molar-refractivity contribution in [3.63, 3.8) is 0 Å². The second-order valence-corrected chi connectivity index (χ2v) is 11.3. The van der Waals surface area contributed by atoms with Gasteiger partial charge in [0.25, 0.3) is 0 Å². The summed E-state index contributed by atoms with van der Waals surface area (Å²) < 4.78 is 65.4. The molecule has 4 heteroatoms. The molecule has 1 N–H and O–H groups in total. The van der Waals surface area contributed by atoms with Crippen LogP contribution < -0.4 is 0 Å². The number of aliphatic imine (C=N–C) groups is 2. The molecular formula is C45H32N4. The van der Waals surface area contributed by atoms with Gasteiger partial charge in [-0.15, -0.1) is 0 Å². The molecular weight excluding hydrogens is 597 g/mol. The maximum atomic E-state index is 9.69. The minimum atomic E-state index is -0.487. The van der Waals surface area contributed by atoms with E-state index in [1.54, 1.807) is 34.9 Å². The molecule has 0 saturated carbocycles. The van der Waals surface area contributed by atoms with Crippen LogP contribution in [0.2, 0.25) is 0 Å². The van der Waals surface area contributed by atoms with Gasteiger partial charge in [0.2, 0.25) is 0 Å². The third kappa shape index (κ3) is 6.11. The van der Waals surface area contributed by atoms with Crippen molar-refractivity contribution in [2.75, 3.05) is 0 Å². The van der Waals surface area contributed by atoms with Gasteiger partial charge in [0.05, 0.1) is 20.6 Å². The smallest absolute Gasteiger partial charge is 0.161 e. The molecule has 0 aliphatic carbocycles. The van der Waals surface area contributed by atoms with Gasteiger partial charge in [-0.1, -0.05) is 146 Å². The zero-order valence-electron chi connectivity index (χ0n) is 33.2. The summed E-state index contributed by atoms with van der Waals surface area (Å²) in [5, 5.41) is 8.98. The van der Waals surface area contributed by atoms with Gasteiger partial charge < -0.3 is 4.57 Å². The van der Waals surface area contributed by atoms with Crippen LogP contribution in [0.25, 0.3) is 49.7 Å². The molecule has 49 heavy (non-hydrogen) atoms. The van der Waals surface area contributed by atoms with Crippen molar-refractivity contribution in [3.05, 3.63) is 199 Å². The molecule has 0 aliphatic rings. The Morgan fingerprint density at radius 3 is 1.92 bits per heavy atom. The van der Waals surface area contributed by atoms with E-state index in [1.165, 1.54) is 6.21 Å². The fourth-order valence-electron chi connectivity index (χ4n) is 5.78. The SMILES string of the molecule is [2H]c1c([2H])c([2H])c2c(c1[2H])c1c([2H])c(C(N=Cc3ccc(-c4ccccc4)cc3)=NC(=N)c3ccccc3)c([2H])c([2H])c1n2-c1cccc(-c2ccccc2)c1. The second-order valence-electron chi connectivity index (χ2n) is 11.3. The fraction of sp³-hybridized carbons (Fsp3) is 0. The average Bonchev–Trinajstić information content (AvgIpc) is 3.61. The Bertz CT molecular complexity index is 2870. The molecule has 0 radical (unpaired) electrons. The number of amidine groups is 2. The van der Waals surface area contributed by atoms with Crippen molar-refractivity contribution >= 4 is 39.7 Å². The minimum absolute atomic E-state index is 0.0360. The van der Waals surface area contributed by atoms with Crippen molar-refractivity contribution in [1.82, 2.24) is 4.57 Å². The molecule has 0 spiro atoms. The quantitative estimate of drug-likeness (QED) is 0.140. The van der Waals surface area contributed by atoms with Gasteiger partial charge in [-0.25, -0.2) is 9.98 Å². The van der Waals surface area contributed by atoms with E-state index in [2.05, 4.69) is 9.98 Å². The first-order valence-electron chi connectivity index (χ1n) is 19.3. The lowest BCUT2D eigenvalue weighted by molar-refractivity contribution is 1.18. The van der Waals surface area contributed by atoms with Crippen LogP contribution in [0, 0.1) is 5.41 Å². The molecule has 1 heterocycles. The summed E-state index contributed by atoms with van der Waals surface area (Å²) in [6.07, 6.45) is 1.53. The highest BCUT2D eigenvalue weighted by Crippen LogP contribution is 2.34. The Kier molecular flexibility index (Phi) is 6.15. The predicted octanol–water partition coefficient (Wildman–Crippen LogP) is 11.0. The van der Waals surface area contributed by atoms with Crippen LogP contribution >= 0.6 is 0 Å².